The molecule has 0 saturated carbocycles. The van der Waals surface area contributed by atoms with Crippen LogP contribution in [0.25, 0.3) is 0 Å². The van der Waals surface area contributed by atoms with Crippen LogP contribution in [0.1, 0.15) is 37.7 Å². The Morgan fingerprint density at radius 1 is 0.966 bits per heavy atom. The highest BCUT2D eigenvalue weighted by Gasteiger charge is 2.46. The van der Waals surface area contributed by atoms with Gasteiger partial charge in [-0.2, -0.15) is 0 Å². The Labute approximate surface area is 181 Å². The summed E-state index contributed by atoms with van der Waals surface area (Å²) < 4.78 is 26.1. The van der Waals surface area contributed by atoms with E-state index in [9.17, 15) is 13.2 Å². The van der Waals surface area contributed by atoms with E-state index in [1.54, 1.807) is 36.4 Å². The molecule has 2 fully saturated rings. The summed E-state index contributed by atoms with van der Waals surface area (Å²) in [6.07, 6.45) is 3.78. The number of carbonyl (C=O) groups excluding carboxylic acids is 1. The number of hydrogen-bond donors (Lipinski definition) is 0. The molecule has 2 aromatic carbocycles. The quantitative estimate of drug-likeness (QED) is 0.647. The number of benzene rings is 2. The van der Waals surface area contributed by atoms with Crippen LogP contribution in [-0.2, 0) is 21.1 Å². The number of halogens is 2. The minimum Gasteiger partial charge on any atom is -0.337 e. The van der Waals surface area contributed by atoms with Crippen LogP contribution in [-0.4, -0.2) is 36.6 Å². The predicted octanol–water partition coefficient (Wildman–Crippen LogP) is 4.92. The van der Waals surface area contributed by atoms with E-state index >= 15 is 0 Å². The van der Waals surface area contributed by atoms with Gasteiger partial charge in [-0.25, -0.2) is 8.42 Å². The largest absolute Gasteiger partial charge is 0.337 e. The molecule has 2 heterocycles. The van der Waals surface area contributed by atoms with E-state index in [-0.39, 0.29) is 18.0 Å². The van der Waals surface area contributed by atoms with Gasteiger partial charge in [0.05, 0.1) is 20.2 Å². The van der Waals surface area contributed by atoms with Gasteiger partial charge >= 0.3 is 0 Å². The molecule has 0 spiro atoms. The number of aryl methyl sites for hydroxylation is 1. The second-order valence-corrected chi connectivity index (χ2v) is 10.9. The average Bonchev–Trinajstić information content (AvgIpc) is 2.98. The zero-order valence-corrected chi connectivity index (χ0v) is 18.3. The molecule has 7 heteroatoms. The summed E-state index contributed by atoms with van der Waals surface area (Å²) in [4.78, 5) is 15.3. The standard InChI is InChI=1S/C22H23Cl2NO3S/c23-20-10-6-15(12-21(20)24)7-11-22(26)25-16-8-9-17(25)14-19(13-16)29(27,28)18-4-2-1-3-5-18/h1-6,10,12,16-17,19H,7-9,11,13-14H2. The molecule has 2 aliphatic rings. The van der Waals surface area contributed by atoms with Gasteiger partial charge in [0, 0.05) is 18.5 Å². The highest BCUT2D eigenvalue weighted by Crippen LogP contribution is 2.40. The molecule has 2 atom stereocenters. The summed E-state index contributed by atoms with van der Waals surface area (Å²) in [7, 11) is -3.37. The van der Waals surface area contributed by atoms with Crippen LogP contribution in [0.2, 0.25) is 10.0 Å². The molecule has 2 aliphatic heterocycles. The smallest absolute Gasteiger partial charge is 0.223 e. The Morgan fingerprint density at radius 3 is 2.24 bits per heavy atom. The maximum atomic E-state index is 13.0. The highest BCUT2D eigenvalue weighted by molar-refractivity contribution is 7.92. The van der Waals surface area contributed by atoms with Crippen molar-refractivity contribution < 1.29 is 13.2 Å². The molecular formula is C22H23Cl2NO3S. The van der Waals surface area contributed by atoms with Crippen LogP contribution in [0.15, 0.2) is 53.4 Å². The summed E-state index contributed by atoms with van der Waals surface area (Å²) in [6, 6.07) is 14.1. The highest BCUT2D eigenvalue weighted by atomic mass is 35.5. The molecule has 0 N–H and O–H groups in total. The van der Waals surface area contributed by atoms with Crippen molar-refractivity contribution in [1.82, 2.24) is 4.90 Å². The lowest BCUT2D eigenvalue weighted by Crippen LogP contribution is -2.49. The Balaban J connectivity index is 1.42. The number of piperidine rings is 1. The van der Waals surface area contributed by atoms with Crippen LogP contribution in [0, 0.1) is 0 Å². The molecule has 1 amide bonds. The van der Waals surface area contributed by atoms with Crippen molar-refractivity contribution in [3.63, 3.8) is 0 Å². The first kappa shape index (κ1) is 20.7. The maximum absolute atomic E-state index is 13.0. The Bertz CT molecular complexity index is 996. The molecule has 2 saturated heterocycles. The predicted molar refractivity (Wildman–Crippen MR) is 115 cm³/mol. The van der Waals surface area contributed by atoms with E-state index in [1.807, 2.05) is 17.0 Å². The SMILES string of the molecule is O=C(CCc1ccc(Cl)c(Cl)c1)N1C2CCC1CC(S(=O)(=O)c1ccccc1)C2. The molecule has 2 aromatic rings. The zero-order valence-electron chi connectivity index (χ0n) is 15.9. The molecule has 4 rings (SSSR count). The number of sulfone groups is 1. The van der Waals surface area contributed by atoms with Crippen molar-refractivity contribution in [3.05, 3.63) is 64.1 Å². The third-order valence-corrected chi connectivity index (χ3v) is 9.03. The van der Waals surface area contributed by atoms with E-state index in [0.29, 0.717) is 40.6 Å². The van der Waals surface area contributed by atoms with Gasteiger partial charge in [0.25, 0.3) is 0 Å². The summed E-state index contributed by atoms with van der Waals surface area (Å²) in [5.74, 6) is 0.0964. The second kappa shape index (κ2) is 8.29. The maximum Gasteiger partial charge on any atom is 0.223 e. The third-order valence-electron chi connectivity index (χ3n) is 6.10. The van der Waals surface area contributed by atoms with E-state index in [4.69, 9.17) is 23.2 Å². The number of rotatable bonds is 5. The Hall–Kier alpha value is -1.56. The molecule has 0 radical (unpaired) electrons. The first-order valence-electron chi connectivity index (χ1n) is 9.90. The van der Waals surface area contributed by atoms with E-state index < -0.39 is 15.1 Å². The van der Waals surface area contributed by atoms with E-state index in [2.05, 4.69) is 0 Å². The van der Waals surface area contributed by atoms with Crippen LogP contribution < -0.4 is 0 Å². The molecule has 154 valence electrons. The molecule has 2 unspecified atom stereocenters. The van der Waals surface area contributed by atoms with Crippen molar-refractivity contribution in [3.8, 4) is 0 Å². The van der Waals surface area contributed by atoms with Crippen molar-refractivity contribution in [2.24, 2.45) is 0 Å². The number of nitrogens with zero attached hydrogens (tertiary/aromatic N) is 1. The number of hydrogen-bond acceptors (Lipinski definition) is 3. The fraction of sp³-hybridized carbons (Fsp3) is 0.409. The Kier molecular flexibility index (Phi) is 5.92. The fourth-order valence-corrected chi connectivity index (χ4v) is 6.86. The Morgan fingerprint density at radius 2 is 1.62 bits per heavy atom. The lowest BCUT2D eigenvalue weighted by atomic mass is 10.0. The fourth-order valence-electron chi connectivity index (χ4n) is 4.67. The zero-order chi connectivity index (χ0) is 20.6. The molecule has 2 bridgehead atoms. The lowest BCUT2D eigenvalue weighted by molar-refractivity contribution is -0.135. The van der Waals surface area contributed by atoms with Gasteiger partial charge in [-0.3, -0.25) is 4.79 Å². The summed E-state index contributed by atoms with van der Waals surface area (Å²) in [6.45, 7) is 0. The summed E-state index contributed by atoms with van der Waals surface area (Å²) in [5.41, 5.74) is 0.974. The van der Waals surface area contributed by atoms with Crippen molar-refractivity contribution in [2.45, 2.75) is 60.8 Å². The number of fused-ring (bicyclic) bond motifs is 2. The summed E-state index contributed by atoms with van der Waals surface area (Å²) in [5, 5.41) is 0.576. The first-order valence-corrected chi connectivity index (χ1v) is 12.2. The minimum absolute atomic E-state index is 0.0125. The van der Waals surface area contributed by atoms with Crippen molar-refractivity contribution in [1.29, 1.82) is 0 Å². The normalized spacial score (nSPS) is 23.9. The minimum atomic E-state index is -3.37. The molecule has 0 aliphatic carbocycles. The molecule has 29 heavy (non-hydrogen) atoms. The van der Waals surface area contributed by atoms with Crippen molar-refractivity contribution >= 4 is 38.9 Å². The topological polar surface area (TPSA) is 54.5 Å². The lowest BCUT2D eigenvalue weighted by Gasteiger charge is -2.38. The van der Waals surface area contributed by atoms with Gasteiger partial charge in [-0.15, -0.1) is 0 Å². The van der Waals surface area contributed by atoms with Gasteiger partial charge in [0.1, 0.15) is 0 Å². The summed E-state index contributed by atoms with van der Waals surface area (Å²) >= 11 is 12.0. The number of carbonyl (C=O) groups is 1. The van der Waals surface area contributed by atoms with Gasteiger partial charge in [-0.1, -0.05) is 47.5 Å². The van der Waals surface area contributed by atoms with Crippen LogP contribution in [0.3, 0.4) is 0 Å². The average molecular weight is 452 g/mol. The van der Waals surface area contributed by atoms with Gasteiger partial charge in [0.15, 0.2) is 9.84 Å². The monoisotopic (exact) mass is 451 g/mol. The van der Waals surface area contributed by atoms with Crippen LogP contribution >= 0.6 is 23.2 Å². The van der Waals surface area contributed by atoms with Gasteiger partial charge in [-0.05, 0) is 61.9 Å². The first-order chi connectivity index (χ1) is 13.9. The van der Waals surface area contributed by atoms with Crippen LogP contribution in [0.5, 0.6) is 0 Å². The molecular weight excluding hydrogens is 429 g/mol. The van der Waals surface area contributed by atoms with Crippen molar-refractivity contribution in [2.75, 3.05) is 0 Å². The van der Waals surface area contributed by atoms with Gasteiger partial charge in [0.2, 0.25) is 5.91 Å². The van der Waals surface area contributed by atoms with E-state index in [0.717, 1.165) is 18.4 Å². The third kappa shape index (κ3) is 4.18. The van der Waals surface area contributed by atoms with E-state index in [1.165, 1.54) is 0 Å². The van der Waals surface area contributed by atoms with Crippen LogP contribution in [0.4, 0.5) is 0 Å². The molecule has 0 aromatic heterocycles. The number of amides is 1. The second-order valence-electron chi connectivity index (χ2n) is 7.89. The van der Waals surface area contributed by atoms with Gasteiger partial charge < -0.3 is 4.90 Å². The molecule has 4 nitrogen and oxygen atoms in total.